The third-order valence-corrected chi connectivity index (χ3v) is 5.84. The van der Waals surface area contributed by atoms with Gasteiger partial charge in [0.15, 0.2) is 18.1 Å². The van der Waals surface area contributed by atoms with E-state index < -0.39 is 0 Å². The molecule has 1 N–H and O–H groups in total. The fourth-order valence-corrected chi connectivity index (χ4v) is 3.99. The molecule has 4 rings (SSSR count). The summed E-state index contributed by atoms with van der Waals surface area (Å²) in [5.41, 5.74) is 2.90. The van der Waals surface area contributed by atoms with Crippen molar-refractivity contribution in [2.24, 2.45) is 0 Å². The number of hydrogen-bond acceptors (Lipinski definition) is 5. The standard InChI is InChI=1S/C29H31N3O4/c1-2-35-27-20-23(13-15-26(27)36-21-28(33)32-17-6-3-7-18-32)29(34)31-25-11-8-9-22(19-25)12-14-24-10-4-5-16-30-24/h4-5,8-16,19-20H,2-3,6-7,17-18,21H2,1H3,(H,31,34)/b14-12+. The number of benzene rings is 2. The van der Waals surface area contributed by atoms with E-state index in [9.17, 15) is 9.59 Å². The predicted octanol–water partition coefficient (Wildman–Crippen LogP) is 5.29. The molecule has 0 saturated carbocycles. The summed E-state index contributed by atoms with van der Waals surface area (Å²) in [6, 6.07) is 18.3. The maximum absolute atomic E-state index is 12.9. The van der Waals surface area contributed by atoms with Crippen molar-refractivity contribution < 1.29 is 19.1 Å². The van der Waals surface area contributed by atoms with Gasteiger partial charge in [-0.2, -0.15) is 0 Å². The number of nitrogens with one attached hydrogen (secondary N) is 1. The zero-order valence-electron chi connectivity index (χ0n) is 20.5. The lowest BCUT2D eigenvalue weighted by atomic mass is 10.1. The van der Waals surface area contributed by atoms with Crippen molar-refractivity contribution in [3.05, 3.63) is 83.7 Å². The van der Waals surface area contributed by atoms with E-state index in [1.54, 1.807) is 24.4 Å². The highest BCUT2D eigenvalue weighted by Crippen LogP contribution is 2.29. The molecule has 186 valence electrons. The van der Waals surface area contributed by atoms with Gasteiger partial charge in [-0.1, -0.05) is 24.3 Å². The highest BCUT2D eigenvalue weighted by molar-refractivity contribution is 6.04. The Kier molecular flexibility index (Phi) is 8.70. The first-order valence-corrected chi connectivity index (χ1v) is 12.3. The highest BCUT2D eigenvalue weighted by atomic mass is 16.5. The van der Waals surface area contributed by atoms with Crippen molar-refractivity contribution >= 4 is 29.7 Å². The summed E-state index contributed by atoms with van der Waals surface area (Å²) in [6.45, 7) is 3.77. The van der Waals surface area contributed by atoms with E-state index in [2.05, 4.69) is 10.3 Å². The zero-order chi connectivity index (χ0) is 25.2. The Balaban J connectivity index is 1.41. The van der Waals surface area contributed by atoms with Crippen molar-refractivity contribution in [1.82, 2.24) is 9.88 Å². The van der Waals surface area contributed by atoms with E-state index in [0.29, 0.717) is 29.4 Å². The number of nitrogens with zero attached hydrogens (tertiary/aromatic N) is 2. The maximum atomic E-state index is 12.9. The fourth-order valence-electron chi connectivity index (χ4n) is 3.99. The SMILES string of the molecule is CCOc1cc(C(=O)Nc2cccc(/C=C/c3ccccn3)c2)ccc1OCC(=O)N1CCCCC1. The van der Waals surface area contributed by atoms with Gasteiger partial charge in [-0.25, -0.2) is 0 Å². The smallest absolute Gasteiger partial charge is 0.260 e. The number of rotatable bonds is 9. The Morgan fingerprint density at radius 1 is 0.944 bits per heavy atom. The molecule has 0 atom stereocenters. The first-order chi connectivity index (χ1) is 17.6. The normalized spacial score (nSPS) is 13.4. The van der Waals surface area contributed by atoms with Gasteiger partial charge in [0.25, 0.3) is 11.8 Å². The molecule has 0 radical (unpaired) electrons. The van der Waals surface area contributed by atoms with E-state index in [1.165, 1.54) is 0 Å². The van der Waals surface area contributed by atoms with E-state index in [1.807, 2.05) is 66.4 Å². The molecule has 1 saturated heterocycles. The van der Waals surface area contributed by atoms with Crippen LogP contribution in [0.5, 0.6) is 11.5 Å². The fraction of sp³-hybridized carbons (Fsp3) is 0.276. The molecule has 1 fully saturated rings. The predicted molar refractivity (Wildman–Crippen MR) is 141 cm³/mol. The Bertz CT molecular complexity index is 1200. The number of pyridine rings is 1. The minimum Gasteiger partial charge on any atom is -0.490 e. The highest BCUT2D eigenvalue weighted by Gasteiger charge is 2.18. The van der Waals surface area contributed by atoms with Crippen LogP contribution >= 0.6 is 0 Å². The lowest BCUT2D eigenvalue weighted by molar-refractivity contribution is -0.134. The average molecular weight is 486 g/mol. The number of hydrogen-bond donors (Lipinski definition) is 1. The monoisotopic (exact) mass is 485 g/mol. The van der Waals surface area contributed by atoms with Crippen LogP contribution in [0.15, 0.2) is 66.9 Å². The molecule has 1 aromatic heterocycles. The van der Waals surface area contributed by atoms with Crippen LogP contribution in [0.1, 0.15) is 47.8 Å². The molecule has 1 aliphatic rings. The quantitative estimate of drug-likeness (QED) is 0.445. The van der Waals surface area contributed by atoms with Gasteiger partial charge in [0.2, 0.25) is 0 Å². The average Bonchev–Trinajstić information content (AvgIpc) is 2.92. The number of carbonyl (C=O) groups is 2. The lowest BCUT2D eigenvalue weighted by Crippen LogP contribution is -2.38. The van der Waals surface area contributed by atoms with Crippen LogP contribution < -0.4 is 14.8 Å². The third-order valence-electron chi connectivity index (χ3n) is 5.84. The second kappa shape index (κ2) is 12.5. The van der Waals surface area contributed by atoms with E-state index in [4.69, 9.17) is 9.47 Å². The van der Waals surface area contributed by atoms with Crippen LogP contribution in [0, 0.1) is 0 Å². The molecule has 2 heterocycles. The maximum Gasteiger partial charge on any atom is 0.260 e. The number of piperidine rings is 1. The number of likely N-dealkylation sites (tertiary alicyclic amines) is 1. The lowest BCUT2D eigenvalue weighted by Gasteiger charge is -2.26. The molecule has 7 heteroatoms. The van der Waals surface area contributed by atoms with Gasteiger partial charge >= 0.3 is 0 Å². The molecule has 0 spiro atoms. The van der Waals surface area contributed by atoms with Gasteiger partial charge < -0.3 is 19.7 Å². The Labute approximate surface area is 211 Å². The first kappa shape index (κ1) is 25.0. The molecule has 7 nitrogen and oxygen atoms in total. The van der Waals surface area contributed by atoms with Gasteiger partial charge in [-0.3, -0.25) is 14.6 Å². The molecule has 2 aromatic carbocycles. The third kappa shape index (κ3) is 6.95. The van der Waals surface area contributed by atoms with Crippen molar-refractivity contribution in [2.45, 2.75) is 26.2 Å². The molecule has 36 heavy (non-hydrogen) atoms. The van der Waals surface area contributed by atoms with Crippen molar-refractivity contribution in [3.8, 4) is 11.5 Å². The molecule has 0 bridgehead atoms. The molecule has 0 aliphatic carbocycles. The number of ether oxygens (including phenoxy) is 2. The summed E-state index contributed by atoms with van der Waals surface area (Å²) in [4.78, 5) is 31.5. The molecule has 1 aliphatic heterocycles. The van der Waals surface area contributed by atoms with E-state index in [-0.39, 0.29) is 18.4 Å². The number of carbonyl (C=O) groups excluding carboxylic acids is 2. The zero-order valence-corrected chi connectivity index (χ0v) is 20.5. The Morgan fingerprint density at radius 3 is 2.58 bits per heavy atom. The number of aromatic nitrogens is 1. The Hall–Kier alpha value is -4.13. The topological polar surface area (TPSA) is 80.8 Å². The largest absolute Gasteiger partial charge is 0.490 e. The van der Waals surface area contributed by atoms with Crippen molar-refractivity contribution in [2.75, 3.05) is 31.6 Å². The molecular weight excluding hydrogens is 454 g/mol. The van der Waals surface area contributed by atoms with Crippen LogP contribution in [0.25, 0.3) is 12.2 Å². The van der Waals surface area contributed by atoms with Gasteiger partial charge in [-0.15, -0.1) is 0 Å². The van der Waals surface area contributed by atoms with Gasteiger partial charge in [0, 0.05) is 30.5 Å². The summed E-state index contributed by atoms with van der Waals surface area (Å²) in [7, 11) is 0. The van der Waals surface area contributed by atoms with Crippen LogP contribution in [0.3, 0.4) is 0 Å². The second-order valence-corrected chi connectivity index (χ2v) is 8.49. The molecule has 2 amide bonds. The second-order valence-electron chi connectivity index (χ2n) is 8.49. The summed E-state index contributed by atoms with van der Waals surface area (Å²) >= 11 is 0. The van der Waals surface area contributed by atoms with Crippen LogP contribution in [0.4, 0.5) is 5.69 Å². The van der Waals surface area contributed by atoms with Gasteiger partial charge in [0.05, 0.1) is 12.3 Å². The van der Waals surface area contributed by atoms with Crippen LogP contribution in [-0.4, -0.2) is 48.0 Å². The summed E-state index contributed by atoms with van der Waals surface area (Å²) < 4.78 is 11.5. The van der Waals surface area contributed by atoms with Crippen molar-refractivity contribution in [3.63, 3.8) is 0 Å². The molecule has 0 unspecified atom stereocenters. The molecule has 3 aromatic rings. The van der Waals surface area contributed by atoms with Crippen LogP contribution in [-0.2, 0) is 4.79 Å². The minimum atomic E-state index is -0.266. The van der Waals surface area contributed by atoms with Crippen LogP contribution in [0.2, 0.25) is 0 Å². The Morgan fingerprint density at radius 2 is 1.81 bits per heavy atom. The number of anilines is 1. The molecular formula is C29H31N3O4. The summed E-state index contributed by atoms with van der Waals surface area (Å²) in [6.07, 6.45) is 8.84. The number of amides is 2. The van der Waals surface area contributed by atoms with Gasteiger partial charge in [-0.05, 0) is 80.3 Å². The van der Waals surface area contributed by atoms with E-state index >= 15 is 0 Å². The first-order valence-electron chi connectivity index (χ1n) is 12.3. The van der Waals surface area contributed by atoms with E-state index in [0.717, 1.165) is 43.6 Å². The van der Waals surface area contributed by atoms with Gasteiger partial charge in [0.1, 0.15) is 0 Å². The summed E-state index contributed by atoms with van der Waals surface area (Å²) in [5.74, 6) is 0.581. The van der Waals surface area contributed by atoms with Crippen molar-refractivity contribution in [1.29, 1.82) is 0 Å². The summed E-state index contributed by atoms with van der Waals surface area (Å²) in [5, 5.41) is 2.93. The minimum absolute atomic E-state index is 0.0315.